The second-order valence-electron chi connectivity index (χ2n) is 9.59. The van der Waals surface area contributed by atoms with Crippen molar-refractivity contribution in [2.24, 2.45) is 0 Å². The zero-order chi connectivity index (χ0) is 33.0. The largest absolute Gasteiger partial charge is 0.348 e. The predicted octanol–water partition coefficient (Wildman–Crippen LogP) is 7.93. The number of nitrogens with one attached hydrogen (secondary N) is 4. The Morgan fingerprint density at radius 2 is 1.13 bits per heavy atom. The topological polar surface area (TPSA) is 106 Å². The normalized spacial score (nSPS) is 9.91. The van der Waals surface area contributed by atoms with Crippen molar-refractivity contribution in [2.75, 3.05) is 0 Å². The lowest BCUT2D eigenvalue weighted by molar-refractivity contribution is 0.624. The molecule has 0 aliphatic rings. The molecule has 6 heterocycles. The molecule has 0 fully saturated rings. The number of aromatic amines is 4. The standard InChI is InChI=1S/C15H9FN2.C8H5F.C7H5IN2.C7H6N2O/c16-14-4-2-1-3-12(14)6-5-11-7-9-17-15-13(11)8-10-18-15;1-2-7-5-3-4-6-8(7)9;8-6-2-4-10-7-5(6)1-3-9-7;10-6-2-4-9-7-5(6)1-3-8-7/h1-4,7-10H,(H,17,18);1,3-6H;1-4H,(H,9,10);1-4H,(H2,8,9,10). The summed E-state index contributed by atoms with van der Waals surface area (Å²) in [7, 11) is 0. The highest BCUT2D eigenvalue weighted by Crippen LogP contribution is 2.16. The number of aromatic nitrogens is 6. The van der Waals surface area contributed by atoms with Crippen molar-refractivity contribution in [3.63, 3.8) is 0 Å². The Morgan fingerprint density at radius 1 is 0.596 bits per heavy atom. The van der Waals surface area contributed by atoms with E-state index in [2.05, 4.69) is 70.3 Å². The molecule has 0 bridgehead atoms. The molecule has 0 saturated carbocycles. The van der Waals surface area contributed by atoms with E-state index in [1.54, 1.807) is 67.3 Å². The molecule has 10 heteroatoms. The second kappa shape index (κ2) is 15.8. The minimum absolute atomic E-state index is 0.0509. The van der Waals surface area contributed by atoms with Crippen molar-refractivity contribution >= 4 is 55.7 Å². The number of halogens is 3. The number of fused-ring (bicyclic) bond motifs is 3. The van der Waals surface area contributed by atoms with Crippen LogP contribution in [0.15, 0.2) is 127 Å². The summed E-state index contributed by atoms with van der Waals surface area (Å²) in [5.41, 5.74) is 4.14. The summed E-state index contributed by atoms with van der Waals surface area (Å²) in [6.45, 7) is 0. The van der Waals surface area contributed by atoms with E-state index in [0.717, 1.165) is 27.9 Å². The first-order valence-electron chi connectivity index (χ1n) is 14.1. The highest BCUT2D eigenvalue weighted by molar-refractivity contribution is 14.1. The second-order valence-corrected chi connectivity index (χ2v) is 10.8. The van der Waals surface area contributed by atoms with Gasteiger partial charge in [0.2, 0.25) is 0 Å². The van der Waals surface area contributed by atoms with Crippen LogP contribution in [0, 0.1) is 39.4 Å². The summed E-state index contributed by atoms with van der Waals surface area (Å²) >= 11 is 2.29. The first-order chi connectivity index (χ1) is 22.9. The van der Waals surface area contributed by atoms with Gasteiger partial charge in [-0.2, -0.15) is 0 Å². The molecule has 230 valence electrons. The van der Waals surface area contributed by atoms with E-state index in [1.807, 2.05) is 36.7 Å². The van der Waals surface area contributed by atoms with Gasteiger partial charge in [-0.05, 0) is 77.2 Å². The third kappa shape index (κ3) is 8.39. The molecule has 0 atom stereocenters. The lowest BCUT2D eigenvalue weighted by Gasteiger charge is -1.94. The zero-order valence-electron chi connectivity index (χ0n) is 24.6. The van der Waals surface area contributed by atoms with Crippen LogP contribution in [0.4, 0.5) is 8.78 Å². The number of hydrogen-bond acceptors (Lipinski definition) is 3. The lowest BCUT2D eigenvalue weighted by atomic mass is 10.1. The summed E-state index contributed by atoms with van der Waals surface area (Å²) in [5, 5.41) is 2.85. The van der Waals surface area contributed by atoms with Crippen molar-refractivity contribution < 1.29 is 8.78 Å². The van der Waals surface area contributed by atoms with Gasteiger partial charge in [-0.15, -0.1) is 6.42 Å². The third-order valence-electron chi connectivity index (χ3n) is 6.58. The van der Waals surface area contributed by atoms with E-state index >= 15 is 0 Å². The quantitative estimate of drug-likeness (QED) is 0.0940. The molecular weight excluding hydrogens is 709 g/mol. The zero-order valence-corrected chi connectivity index (χ0v) is 26.7. The Kier molecular flexibility index (Phi) is 10.9. The van der Waals surface area contributed by atoms with Crippen molar-refractivity contribution in [1.82, 2.24) is 29.9 Å². The van der Waals surface area contributed by atoms with Gasteiger partial charge in [-0.3, -0.25) is 4.79 Å². The highest BCUT2D eigenvalue weighted by Gasteiger charge is 2.01. The molecule has 6 aromatic heterocycles. The van der Waals surface area contributed by atoms with Gasteiger partial charge in [-0.1, -0.05) is 42.0 Å². The van der Waals surface area contributed by atoms with Gasteiger partial charge in [0.1, 0.15) is 28.6 Å². The van der Waals surface area contributed by atoms with Crippen molar-refractivity contribution in [3.8, 4) is 24.2 Å². The molecule has 0 radical (unpaired) electrons. The Morgan fingerprint density at radius 3 is 1.74 bits per heavy atom. The van der Waals surface area contributed by atoms with Gasteiger partial charge < -0.3 is 19.9 Å². The number of terminal acetylenes is 1. The summed E-state index contributed by atoms with van der Waals surface area (Å²) in [4.78, 5) is 31.2. The van der Waals surface area contributed by atoms with Crippen LogP contribution in [0.3, 0.4) is 0 Å². The number of nitrogens with zero attached hydrogens (tertiary/aromatic N) is 2. The summed E-state index contributed by atoms with van der Waals surface area (Å²) in [5.74, 6) is 7.41. The molecular formula is C37H25F2IN6O. The fourth-order valence-corrected chi connectivity index (χ4v) is 4.85. The number of hydrogen-bond donors (Lipinski definition) is 4. The van der Waals surface area contributed by atoms with E-state index in [9.17, 15) is 13.6 Å². The highest BCUT2D eigenvalue weighted by atomic mass is 127. The van der Waals surface area contributed by atoms with Crippen molar-refractivity contribution in [1.29, 1.82) is 0 Å². The average molecular weight is 735 g/mol. The van der Waals surface area contributed by atoms with Crippen LogP contribution >= 0.6 is 22.6 Å². The van der Waals surface area contributed by atoms with Crippen LogP contribution in [-0.4, -0.2) is 29.9 Å². The average Bonchev–Trinajstić information content (AvgIpc) is 3.88. The molecule has 8 rings (SSSR count). The fourth-order valence-electron chi connectivity index (χ4n) is 4.26. The van der Waals surface area contributed by atoms with E-state index in [0.29, 0.717) is 16.5 Å². The van der Waals surface area contributed by atoms with Gasteiger partial charge in [-0.25, -0.2) is 18.7 Å². The smallest absolute Gasteiger partial charge is 0.190 e. The van der Waals surface area contributed by atoms with Gasteiger partial charge in [0.05, 0.1) is 16.5 Å². The maximum Gasteiger partial charge on any atom is 0.190 e. The van der Waals surface area contributed by atoms with Crippen molar-refractivity contribution in [3.05, 3.63) is 164 Å². The maximum atomic E-state index is 13.4. The fraction of sp³-hybridized carbons (Fsp3) is 0. The Balaban J connectivity index is 0.000000129. The number of benzene rings is 2. The number of rotatable bonds is 0. The SMILES string of the molecule is C#Cc1ccccc1F.Fc1ccccc1C#Cc1ccnc2[nH]ccc12.Ic1ccnc2[nH]ccc12.O=c1cc[nH]c2[nH]ccc12. The molecule has 0 saturated heterocycles. The van der Waals surface area contributed by atoms with Crippen LogP contribution < -0.4 is 5.43 Å². The molecule has 8 aromatic rings. The van der Waals surface area contributed by atoms with Crippen LogP contribution in [0.25, 0.3) is 33.1 Å². The van der Waals surface area contributed by atoms with Crippen LogP contribution in [0.5, 0.6) is 0 Å². The summed E-state index contributed by atoms with van der Waals surface area (Å²) in [6.07, 6.45) is 15.5. The summed E-state index contributed by atoms with van der Waals surface area (Å²) < 4.78 is 27.1. The van der Waals surface area contributed by atoms with Crippen LogP contribution in [0.2, 0.25) is 0 Å². The van der Waals surface area contributed by atoms with E-state index in [4.69, 9.17) is 6.42 Å². The monoisotopic (exact) mass is 734 g/mol. The Labute approximate surface area is 281 Å². The van der Waals surface area contributed by atoms with E-state index < -0.39 is 0 Å². The minimum atomic E-state index is -0.333. The molecule has 0 aliphatic carbocycles. The molecule has 0 unspecified atom stereocenters. The van der Waals surface area contributed by atoms with Crippen molar-refractivity contribution in [2.45, 2.75) is 0 Å². The van der Waals surface area contributed by atoms with E-state index in [-0.39, 0.29) is 17.1 Å². The molecule has 47 heavy (non-hydrogen) atoms. The lowest BCUT2D eigenvalue weighted by Crippen LogP contribution is -1.97. The molecule has 0 amide bonds. The first-order valence-corrected chi connectivity index (χ1v) is 15.1. The summed E-state index contributed by atoms with van der Waals surface area (Å²) in [6, 6.07) is 23.7. The molecule has 0 aliphatic heterocycles. The molecule has 4 N–H and O–H groups in total. The van der Waals surface area contributed by atoms with Gasteiger partial charge in [0, 0.05) is 63.2 Å². The third-order valence-corrected chi connectivity index (χ3v) is 7.52. The van der Waals surface area contributed by atoms with E-state index in [1.165, 1.54) is 27.2 Å². The number of H-pyrrole nitrogens is 4. The van der Waals surface area contributed by atoms with Gasteiger partial charge in [0.15, 0.2) is 5.43 Å². The Hall–Kier alpha value is -5.98. The Bertz CT molecular complexity index is 2420. The van der Waals surface area contributed by atoms with Gasteiger partial charge in [0.25, 0.3) is 0 Å². The molecule has 7 nitrogen and oxygen atoms in total. The molecule has 2 aromatic carbocycles. The van der Waals surface area contributed by atoms with Gasteiger partial charge >= 0.3 is 0 Å². The number of pyridine rings is 3. The first kappa shape index (κ1) is 32.4. The predicted molar refractivity (Wildman–Crippen MR) is 191 cm³/mol. The maximum absolute atomic E-state index is 13.4. The van der Waals surface area contributed by atoms with Crippen LogP contribution in [-0.2, 0) is 0 Å². The molecule has 0 spiro atoms. The van der Waals surface area contributed by atoms with Crippen LogP contribution in [0.1, 0.15) is 16.7 Å². The minimum Gasteiger partial charge on any atom is -0.348 e.